The molecule has 3 N–H and O–H groups in total. The van der Waals surface area contributed by atoms with E-state index in [0.29, 0.717) is 11.6 Å². The number of aromatic nitrogens is 4. The van der Waals surface area contributed by atoms with Crippen molar-refractivity contribution in [3.8, 4) is 5.95 Å². The maximum absolute atomic E-state index is 8.49. The first-order chi connectivity index (χ1) is 7.31. The molecule has 76 valence electrons. The van der Waals surface area contributed by atoms with Crippen LogP contribution in [0.3, 0.4) is 0 Å². The van der Waals surface area contributed by atoms with Crippen molar-refractivity contribution in [2.24, 2.45) is 10.9 Å². The van der Waals surface area contributed by atoms with E-state index in [-0.39, 0.29) is 5.84 Å². The number of hydrogen-bond donors (Lipinski definition) is 2. The zero-order chi connectivity index (χ0) is 10.7. The molecule has 0 saturated carbocycles. The van der Waals surface area contributed by atoms with Crippen LogP contribution in [0, 0.1) is 0 Å². The average Bonchev–Trinajstić information content (AvgIpc) is 2.82. The van der Waals surface area contributed by atoms with Gasteiger partial charge in [0.1, 0.15) is 5.69 Å². The Morgan fingerprint density at radius 2 is 2.33 bits per heavy atom. The molecule has 2 aromatic heterocycles. The fourth-order valence-corrected chi connectivity index (χ4v) is 1.04. The van der Waals surface area contributed by atoms with Crippen LogP contribution in [-0.4, -0.2) is 30.8 Å². The first-order valence-electron chi connectivity index (χ1n) is 4.12. The number of hydrogen-bond acceptors (Lipinski definition) is 5. The fraction of sp³-hybridized carbons (Fsp3) is 0. The van der Waals surface area contributed by atoms with Gasteiger partial charge in [-0.2, -0.15) is 5.10 Å². The number of nitrogens with zero attached hydrogens (tertiary/aromatic N) is 5. The zero-order valence-electron chi connectivity index (χ0n) is 7.65. The molecular weight excluding hydrogens is 196 g/mol. The lowest BCUT2D eigenvalue weighted by molar-refractivity contribution is 0.318. The largest absolute Gasteiger partial charge is 0.409 e. The molecule has 0 amide bonds. The van der Waals surface area contributed by atoms with Crippen molar-refractivity contribution < 1.29 is 5.21 Å². The van der Waals surface area contributed by atoms with Crippen molar-refractivity contribution in [3.63, 3.8) is 0 Å². The lowest BCUT2D eigenvalue weighted by Gasteiger charge is -2.01. The highest BCUT2D eigenvalue weighted by Crippen LogP contribution is 2.00. The molecule has 0 bridgehead atoms. The summed E-state index contributed by atoms with van der Waals surface area (Å²) in [5.41, 5.74) is 5.74. The third-order valence-electron chi connectivity index (χ3n) is 1.72. The van der Waals surface area contributed by atoms with Crippen LogP contribution in [0.2, 0.25) is 0 Å². The van der Waals surface area contributed by atoms with E-state index in [4.69, 9.17) is 10.9 Å². The summed E-state index contributed by atoms with van der Waals surface area (Å²) >= 11 is 0. The second-order valence-electron chi connectivity index (χ2n) is 2.68. The molecule has 15 heavy (non-hydrogen) atoms. The molecule has 0 aromatic carbocycles. The smallest absolute Gasteiger partial charge is 0.251 e. The Hall–Kier alpha value is -2.44. The summed E-state index contributed by atoms with van der Waals surface area (Å²) in [4.78, 5) is 8.06. The van der Waals surface area contributed by atoms with E-state index in [1.165, 1.54) is 10.9 Å². The van der Waals surface area contributed by atoms with Gasteiger partial charge in [-0.05, 0) is 12.1 Å². The second-order valence-corrected chi connectivity index (χ2v) is 2.68. The summed E-state index contributed by atoms with van der Waals surface area (Å²) in [5, 5.41) is 15.3. The van der Waals surface area contributed by atoms with Crippen molar-refractivity contribution in [1.29, 1.82) is 0 Å². The molecule has 7 heteroatoms. The lowest BCUT2D eigenvalue weighted by Crippen LogP contribution is -2.16. The van der Waals surface area contributed by atoms with Crippen molar-refractivity contribution in [1.82, 2.24) is 19.7 Å². The number of rotatable bonds is 2. The molecule has 0 aliphatic carbocycles. The van der Waals surface area contributed by atoms with Gasteiger partial charge in [0.25, 0.3) is 5.95 Å². The first kappa shape index (κ1) is 9.13. The predicted octanol–water partition coefficient (Wildman–Crippen LogP) is -0.243. The van der Waals surface area contributed by atoms with Gasteiger partial charge in [0.05, 0.1) is 0 Å². The Morgan fingerprint density at radius 3 is 3.00 bits per heavy atom. The molecule has 0 fully saturated rings. The lowest BCUT2D eigenvalue weighted by atomic mass is 10.4. The predicted molar refractivity (Wildman–Crippen MR) is 51.7 cm³/mol. The normalized spacial score (nSPS) is 11.6. The van der Waals surface area contributed by atoms with E-state index in [1.807, 2.05) is 0 Å². The Labute approximate surface area is 84.9 Å². The van der Waals surface area contributed by atoms with Crippen LogP contribution in [0.25, 0.3) is 5.95 Å². The van der Waals surface area contributed by atoms with E-state index in [0.717, 1.165) is 0 Å². The third-order valence-corrected chi connectivity index (χ3v) is 1.72. The molecule has 0 spiro atoms. The Kier molecular flexibility index (Phi) is 2.28. The van der Waals surface area contributed by atoms with E-state index < -0.39 is 0 Å². The third kappa shape index (κ3) is 1.75. The summed E-state index contributed by atoms with van der Waals surface area (Å²) in [5.74, 6) is 0.301. The van der Waals surface area contributed by atoms with Crippen LogP contribution in [0.1, 0.15) is 5.69 Å². The molecule has 0 atom stereocenters. The minimum Gasteiger partial charge on any atom is -0.409 e. The zero-order valence-corrected chi connectivity index (χ0v) is 7.65. The number of nitrogens with two attached hydrogens (primary N) is 1. The minimum atomic E-state index is -0.0641. The topological polar surface area (TPSA) is 102 Å². The van der Waals surface area contributed by atoms with Gasteiger partial charge in [-0.15, -0.1) is 0 Å². The molecule has 2 aromatic rings. The summed E-state index contributed by atoms with van der Waals surface area (Å²) in [6, 6.07) is 3.29. The highest BCUT2D eigenvalue weighted by atomic mass is 16.4. The van der Waals surface area contributed by atoms with Crippen LogP contribution >= 0.6 is 0 Å². The summed E-state index contributed by atoms with van der Waals surface area (Å²) in [6.07, 6.45) is 4.82. The van der Waals surface area contributed by atoms with Crippen molar-refractivity contribution in [2.75, 3.05) is 0 Å². The Bertz CT molecular complexity index is 478. The van der Waals surface area contributed by atoms with Gasteiger partial charge in [-0.3, -0.25) is 0 Å². The van der Waals surface area contributed by atoms with Gasteiger partial charge in [0.15, 0.2) is 5.84 Å². The highest BCUT2D eigenvalue weighted by molar-refractivity contribution is 5.95. The molecule has 2 heterocycles. The van der Waals surface area contributed by atoms with Crippen molar-refractivity contribution in [3.05, 3.63) is 36.4 Å². The molecular formula is C8H8N6O. The Morgan fingerprint density at radius 1 is 1.47 bits per heavy atom. The van der Waals surface area contributed by atoms with E-state index in [1.54, 1.807) is 24.5 Å². The summed E-state index contributed by atoms with van der Waals surface area (Å²) < 4.78 is 1.48. The van der Waals surface area contributed by atoms with Crippen molar-refractivity contribution in [2.45, 2.75) is 0 Å². The molecule has 7 nitrogen and oxygen atoms in total. The maximum atomic E-state index is 8.49. The standard InChI is InChI=1S/C8H8N6O/c9-7(13-15)6-2-4-10-8(12-6)14-5-1-3-11-14/h1-5,15H,(H2,9,13). The summed E-state index contributed by atoms with van der Waals surface area (Å²) in [6.45, 7) is 0. The van der Waals surface area contributed by atoms with E-state index >= 15 is 0 Å². The van der Waals surface area contributed by atoms with E-state index in [9.17, 15) is 0 Å². The number of oxime groups is 1. The minimum absolute atomic E-state index is 0.0641. The van der Waals surface area contributed by atoms with Crippen LogP contribution in [-0.2, 0) is 0 Å². The van der Waals surface area contributed by atoms with Gasteiger partial charge >= 0.3 is 0 Å². The fourth-order valence-electron chi connectivity index (χ4n) is 1.04. The molecule has 0 radical (unpaired) electrons. The second kappa shape index (κ2) is 3.74. The summed E-state index contributed by atoms with van der Waals surface area (Å²) in [7, 11) is 0. The van der Waals surface area contributed by atoms with Crippen LogP contribution in [0.5, 0.6) is 0 Å². The van der Waals surface area contributed by atoms with E-state index in [2.05, 4.69) is 20.2 Å². The average molecular weight is 204 g/mol. The first-order valence-corrected chi connectivity index (χ1v) is 4.12. The van der Waals surface area contributed by atoms with Gasteiger partial charge in [0, 0.05) is 18.6 Å². The number of amidine groups is 1. The van der Waals surface area contributed by atoms with Gasteiger partial charge in [0.2, 0.25) is 0 Å². The van der Waals surface area contributed by atoms with Crippen LogP contribution < -0.4 is 5.73 Å². The van der Waals surface area contributed by atoms with Gasteiger partial charge in [-0.25, -0.2) is 14.6 Å². The molecule has 0 saturated heterocycles. The van der Waals surface area contributed by atoms with Crippen LogP contribution in [0.15, 0.2) is 35.9 Å². The van der Waals surface area contributed by atoms with Crippen molar-refractivity contribution >= 4 is 5.84 Å². The monoisotopic (exact) mass is 204 g/mol. The highest BCUT2D eigenvalue weighted by Gasteiger charge is 2.04. The Balaban J connectivity index is 2.44. The molecule has 0 aliphatic heterocycles. The quantitative estimate of drug-likeness (QED) is 0.304. The molecule has 0 aliphatic rings. The maximum Gasteiger partial charge on any atom is 0.251 e. The van der Waals surface area contributed by atoms with Crippen LogP contribution in [0.4, 0.5) is 0 Å². The molecule has 2 rings (SSSR count). The SMILES string of the molecule is N/C(=N/O)c1ccnc(-n2cccn2)n1. The van der Waals surface area contributed by atoms with Gasteiger partial charge < -0.3 is 10.9 Å². The van der Waals surface area contributed by atoms with Gasteiger partial charge in [-0.1, -0.05) is 5.16 Å². The molecule has 0 unspecified atom stereocenters.